The summed E-state index contributed by atoms with van der Waals surface area (Å²) in [5.74, 6) is 0. The molecule has 0 aromatic heterocycles. The summed E-state index contributed by atoms with van der Waals surface area (Å²) in [7, 11) is 1.99. The smallest absolute Gasteiger partial charge is 0.0647 e. The molecular weight excluding hydrogens is 150 g/mol. The lowest BCUT2D eigenvalue weighted by Gasteiger charge is -2.36. The van der Waals surface area contributed by atoms with Crippen LogP contribution < -0.4 is 5.32 Å². The summed E-state index contributed by atoms with van der Waals surface area (Å²) in [4.78, 5) is 0. The van der Waals surface area contributed by atoms with Crippen molar-refractivity contribution >= 4 is 0 Å². The van der Waals surface area contributed by atoms with Crippen molar-refractivity contribution in [3.8, 4) is 0 Å². The fourth-order valence-corrected chi connectivity index (χ4v) is 1.72. The first-order valence-corrected chi connectivity index (χ1v) is 5.06. The average molecular weight is 171 g/mol. The highest BCUT2D eigenvalue weighted by Crippen LogP contribution is 2.35. The van der Waals surface area contributed by atoms with Crippen molar-refractivity contribution < 1.29 is 5.11 Å². The van der Waals surface area contributed by atoms with Gasteiger partial charge < -0.3 is 10.4 Å². The molecule has 0 aromatic carbocycles. The zero-order valence-corrected chi connectivity index (χ0v) is 8.27. The third-order valence-corrected chi connectivity index (χ3v) is 3.06. The van der Waals surface area contributed by atoms with Gasteiger partial charge in [-0.25, -0.2) is 0 Å². The molecule has 1 aliphatic carbocycles. The largest absolute Gasteiger partial charge is 0.390 e. The minimum atomic E-state index is -0.270. The summed E-state index contributed by atoms with van der Waals surface area (Å²) in [6.07, 6.45) is 6.61. The van der Waals surface area contributed by atoms with Crippen LogP contribution in [0.5, 0.6) is 0 Å². The maximum atomic E-state index is 9.78. The lowest BCUT2D eigenvalue weighted by molar-refractivity contribution is -0.0421. The molecule has 0 saturated heterocycles. The number of nitrogens with one attached hydrogen (secondary N) is 1. The minimum absolute atomic E-state index is 0.270. The number of aliphatic hydroxyl groups is 1. The Morgan fingerprint density at radius 1 is 1.50 bits per heavy atom. The van der Waals surface area contributed by atoms with Crippen molar-refractivity contribution in [1.82, 2.24) is 5.32 Å². The van der Waals surface area contributed by atoms with Gasteiger partial charge in [0.25, 0.3) is 0 Å². The molecule has 1 rings (SSSR count). The van der Waals surface area contributed by atoms with E-state index in [0.29, 0.717) is 6.04 Å². The second kappa shape index (κ2) is 4.24. The molecule has 0 radical (unpaired) electrons. The van der Waals surface area contributed by atoms with Crippen LogP contribution in [-0.4, -0.2) is 23.8 Å². The molecule has 2 N–H and O–H groups in total. The van der Waals surface area contributed by atoms with Gasteiger partial charge in [-0.2, -0.15) is 0 Å². The third-order valence-electron chi connectivity index (χ3n) is 3.06. The molecule has 0 aromatic rings. The van der Waals surface area contributed by atoms with E-state index in [4.69, 9.17) is 0 Å². The summed E-state index contributed by atoms with van der Waals surface area (Å²) < 4.78 is 0. The van der Waals surface area contributed by atoms with Crippen LogP contribution in [0.3, 0.4) is 0 Å². The van der Waals surface area contributed by atoms with E-state index in [-0.39, 0.29) is 5.60 Å². The zero-order valence-electron chi connectivity index (χ0n) is 8.27. The Bertz CT molecular complexity index is 132. The van der Waals surface area contributed by atoms with Gasteiger partial charge in [0.15, 0.2) is 0 Å². The third kappa shape index (κ3) is 2.76. The Morgan fingerprint density at radius 2 is 2.17 bits per heavy atom. The quantitative estimate of drug-likeness (QED) is 0.659. The van der Waals surface area contributed by atoms with Gasteiger partial charge in [-0.1, -0.05) is 0 Å². The van der Waals surface area contributed by atoms with Crippen LogP contribution in [0.2, 0.25) is 0 Å². The van der Waals surface area contributed by atoms with Crippen LogP contribution in [0, 0.1) is 0 Å². The highest BCUT2D eigenvalue weighted by Gasteiger charge is 2.33. The first-order chi connectivity index (χ1) is 5.66. The fraction of sp³-hybridized carbons (Fsp3) is 1.00. The molecule has 0 bridgehead atoms. The Morgan fingerprint density at radius 3 is 2.58 bits per heavy atom. The van der Waals surface area contributed by atoms with Crippen LogP contribution >= 0.6 is 0 Å². The molecule has 1 aliphatic rings. The van der Waals surface area contributed by atoms with E-state index >= 15 is 0 Å². The monoisotopic (exact) mass is 171 g/mol. The zero-order chi connectivity index (χ0) is 9.03. The van der Waals surface area contributed by atoms with Gasteiger partial charge >= 0.3 is 0 Å². The lowest BCUT2D eigenvalue weighted by Crippen LogP contribution is -2.36. The van der Waals surface area contributed by atoms with Crippen molar-refractivity contribution in [2.45, 2.75) is 57.1 Å². The molecule has 1 saturated carbocycles. The molecule has 0 heterocycles. The average Bonchev–Trinajstić information content (AvgIpc) is 2.01. The molecule has 0 spiro atoms. The molecule has 1 unspecified atom stereocenters. The van der Waals surface area contributed by atoms with E-state index in [0.717, 1.165) is 25.7 Å². The van der Waals surface area contributed by atoms with E-state index in [1.54, 1.807) is 0 Å². The minimum Gasteiger partial charge on any atom is -0.390 e. The lowest BCUT2D eigenvalue weighted by atomic mass is 9.77. The van der Waals surface area contributed by atoms with Crippen LogP contribution in [0.1, 0.15) is 45.4 Å². The van der Waals surface area contributed by atoms with Gasteiger partial charge in [-0.3, -0.25) is 0 Å². The summed E-state index contributed by atoms with van der Waals surface area (Å²) in [5, 5.41) is 13.0. The molecule has 0 aliphatic heterocycles. The number of rotatable bonds is 5. The molecule has 1 fully saturated rings. The van der Waals surface area contributed by atoms with Crippen LogP contribution in [-0.2, 0) is 0 Å². The topological polar surface area (TPSA) is 32.3 Å². The standard InChI is InChI=1S/C10H21NO/c1-9(11-2)5-3-6-10(12)7-4-8-10/h9,11-12H,3-8H2,1-2H3. The predicted octanol–water partition coefficient (Wildman–Crippen LogP) is 1.68. The number of hydrogen-bond acceptors (Lipinski definition) is 2. The molecular formula is C10H21NO. The Kier molecular flexibility index (Phi) is 3.53. The Balaban J connectivity index is 2.01. The number of hydrogen-bond donors (Lipinski definition) is 2. The van der Waals surface area contributed by atoms with Crippen molar-refractivity contribution in [1.29, 1.82) is 0 Å². The molecule has 0 amide bonds. The van der Waals surface area contributed by atoms with Crippen molar-refractivity contribution in [2.24, 2.45) is 0 Å². The second-order valence-corrected chi connectivity index (χ2v) is 4.16. The van der Waals surface area contributed by atoms with Crippen molar-refractivity contribution in [3.05, 3.63) is 0 Å². The molecule has 1 atom stereocenters. The maximum absolute atomic E-state index is 9.78. The highest BCUT2D eigenvalue weighted by atomic mass is 16.3. The molecule has 2 nitrogen and oxygen atoms in total. The van der Waals surface area contributed by atoms with Crippen LogP contribution in [0.15, 0.2) is 0 Å². The molecule has 12 heavy (non-hydrogen) atoms. The van der Waals surface area contributed by atoms with Gasteiger partial charge in [-0.15, -0.1) is 0 Å². The first-order valence-electron chi connectivity index (χ1n) is 5.06. The summed E-state index contributed by atoms with van der Waals surface area (Å²) in [5.41, 5.74) is -0.270. The van der Waals surface area contributed by atoms with Crippen LogP contribution in [0.4, 0.5) is 0 Å². The van der Waals surface area contributed by atoms with Gasteiger partial charge in [0.1, 0.15) is 0 Å². The molecule has 72 valence electrons. The van der Waals surface area contributed by atoms with Crippen LogP contribution in [0.25, 0.3) is 0 Å². The van der Waals surface area contributed by atoms with Gasteiger partial charge in [0.05, 0.1) is 5.60 Å². The first kappa shape index (κ1) is 10.0. The normalized spacial score (nSPS) is 23.2. The van der Waals surface area contributed by atoms with E-state index in [9.17, 15) is 5.11 Å². The van der Waals surface area contributed by atoms with Crippen molar-refractivity contribution in [2.75, 3.05) is 7.05 Å². The highest BCUT2D eigenvalue weighted by molar-refractivity contribution is 4.87. The van der Waals surface area contributed by atoms with Crippen molar-refractivity contribution in [3.63, 3.8) is 0 Å². The van der Waals surface area contributed by atoms with Gasteiger partial charge in [-0.05, 0) is 52.5 Å². The maximum Gasteiger partial charge on any atom is 0.0647 e. The summed E-state index contributed by atoms with van der Waals surface area (Å²) in [6, 6.07) is 0.591. The van der Waals surface area contributed by atoms with E-state index in [2.05, 4.69) is 12.2 Å². The predicted molar refractivity (Wildman–Crippen MR) is 51.2 cm³/mol. The Hall–Kier alpha value is -0.0800. The summed E-state index contributed by atoms with van der Waals surface area (Å²) in [6.45, 7) is 2.19. The molecule has 2 heteroatoms. The van der Waals surface area contributed by atoms with Gasteiger partial charge in [0.2, 0.25) is 0 Å². The summed E-state index contributed by atoms with van der Waals surface area (Å²) >= 11 is 0. The van der Waals surface area contributed by atoms with E-state index < -0.39 is 0 Å². The second-order valence-electron chi connectivity index (χ2n) is 4.16. The van der Waals surface area contributed by atoms with E-state index in [1.165, 1.54) is 12.8 Å². The van der Waals surface area contributed by atoms with E-state index in [1.807, 2.05) is 7.05 Å². The SMILES string of the molecule is CNC(C)CCCC1(O)CCC1. The van der Waals surface area contributed by atoms with Gasteiger partial charge in [0, 0.05) is 6.04 Å². The Labute approximate surface area is 75.4 Å². The fourth-order valence-electron chi connectivity index (χ4n) is 1.72.